The van der Waals surface area contributed by atoms with E-state index in [1.807, 2.05) is 6.21 Å². The van der Waals surface area contributed by atoms with E-state index in [4.69, 9.17) is 0 Å². The van der Waals surface area contributed by atoms with Crippen molar-refractivity contribution in [3.8, 4) is 0 Å². The maximum Gasteiger partial charge on any atom is 0.0359 e. The molecule has 1 unspecified atom stereocenters. The Hall–Kier alpha value is -0.590. The van der Waals surface area contributed by atoms with Crippen LogP contribution >= 0.6 is 0 Å². The minimum Gasteiger partial charge on any atom is -0.266 e. The molecule has 0 aromatic rings. The highest BCUT2D eigenvalue weighted by atomic mass is 14.7. The van der Waals surface area contributed by atoms with Crippen molar-refractivity contribution in [2.24, 2.45) is 10.9 Å². The van der Waals surface area contributed by atoms with Crippen molar-refractivity contribution >= 4 is 6.21 Å². The Morgan fingerprint density at radius 3 is 3.00 bits per heavy atom. The van der Waals surface area contributed by atoms with Crippen LogP contribution in [0.3, 0.4) is 0 Å². The van der Waals surface area contributed by atoms with Crippen molar-refractivity contribution in [2.75, 3.05) is 0 Å². The highest BCUT2D eigenvalue weighted by molar-refractivity contribution is 5.61. The third-order valence-corrected chi connectivity index (χ3v) is 1.57. The summed E-state index contributed by atoms with van der Waals surface area (Å²) in [6.45, 7) is 4.36. The third-order valence-electron chi connectivity index (χ3n) is 1.57. The molecule has 0 amide bonds. The summed E-state index contributed by atoms with van der Waals surface area (Å²) < 4.78 is 0. The van der Waals surface area contributed by atoms with Gasteiger partial charge in [-0.1, -0.05) is 19.9 Å². The number of rotatable bonds is 1. The molecule has 0 fully saturated rings. The third kappa shape index (κ3) is 1.67. The van der Waals surface area contributed by atoms with E-state index in [0.717, 1.165) is 12.8 Å². The molecule has 0 aliphatic carbocycles. The predicted molar refractivity (Wildman–Crippen MR) is 40.6 cm³/mol. The molecule has 0 radical (unpaired) electrons. The second-order valence-electron chi connectivity index (χ2n) is 2.54. The maximum atomic E-state index is 4.23. The topological polar surface area (TPSA) is 12.4 Å². The fraction of sp³-hybridized carbons (Fsp3) is 0.625. The number of allylic oxidation sites excluding steroid dienone is 2. The van der Waals surface area contributed by atoms with Gasteiger partial charge in [0.05, 0.1) is 0 Å². The van der Waals surface area contributed by atoms with Gasteiger partial charge >= 0.3 is 0 Å². The van der Waals surface area contributed by atoms with Crippen molar-refractivity contribution in [2.45, 2.75) is 26.7 Å². The maximum absolute atomic E-state index is 4.23. The van der Waals surface area contributed by atoms with Crippen LogP contribution in [0, 0.1) is 5.92 Å². The molecule has 0 aromatic carbocycles. The molecule has 0 spiro atoms. The van der Waals surface area contributed by atoms with Gasteiger partial charge in [0, 0.05) is 11.9 Å². The molecule has 0 saturated carbocycles. The standard InChI is InChI=1S/C8H13N/c1-3-8-6-7(2)4-5-9-8/h5-7H,3-4H2,1-2H3. The Bertz CT molecular complexity index is 145. The van der Waals surface area contributed by atoms with E-state index in [-0.39, 0.29) is 0 Å². The van der Waals surface area contributed by atoms with Gasteiger partial charge in [-0.3, -0.25) is 4.99 Å². The first-order chi connectivity index (χ1) is 4.33. The fourth-order valence-electron chi connectivity index (χ4n) is 0.985. The van der Waals surface area contributed by atoms with Crippen LogP contribution in [0.15, 0.2) is 16.8 Å². The summed E-state index contributed by atoms with van der Waals surface area (Å²) in [6.07, 6.45) is 6.45. The molecule has 1 aliphatic rings. The first-order valence-electron chi connectivity index (χ1n) is 3.56. The molecule has 1 heteroatoms. The SMILES string of the molecule is CCC1=CC(C)CC=N1. The van der Waals surface area contributed by atoms with Gasteiger partial charge in [-0.25, -0.2) is 0 Å². The first kappa shape index (κ1) is 6.53. The van der Waals surface area contributed by atoms with E-state index < -0.39 is 0 Å². The molecule has 1 heterocycles. The molecule has 0 bridgehead atoms. The molecular weight excluding hydrogens is 110 g/mol. The smallest absolute Gasteiger partial charge is 0.0359 e. The minimum absolute atomic E-state index is 0.706. The highest BCUT2D eigenvalue weighted by Crippen LogP contribution is 2.14. The first-order valence-corrected chi connectivity index (χ1v) is 3.56. The van der Waals surface area contributed by atoms with Crippen LogP contribution in [-0.4, -0.2) is 6.21 Å². The summed E-state index contributed by atoms with van der Waals surface area (Å²) in [7, 11) is 0. The molecule has 0 saturated heterocycles. The zero-order chi connectivity index (χ0) is 6.69. The van der Waals surface area contributed by atoms with Gasteiger partial charge in [-0.2, -0.15) is 0 Å². The Kier molecular flexibility index (Phi) is 2.04. The summed E-state index contributed by atoms with van der Waals surface area (Å²) in [5, 5.41) is 0. The summed E-state index contributed by atoms with van der Waals surface area (Å²) in [4.78, 5) is 4.23. The van der Waals surface area contributed by atoms with Gasteiger partial charge in [0.15, 0.2) is 0 Å². The van der Waals surface area contributed by atoms with Crippen molar-refractivity contribution in [3.63, 3.8) is 0 Å². The van der Waals surface area contributed by atoms with Gasteiger partial charge in [-0.15, -0.1) is 0 Å². The predicted octanol–water partition coefficient (Wildman–Crippen LogP) is 2.39. The van der Waals surface area contributed by atoms with Crippen LogP contribution in [0.5, 0.6) is 0 Å². The lowest BCUT2D eigenvalue weighted by molar-refractivity contribution is 0.745. The molecule has 1 aliphatic heterocycles. The van der Waals surface area contributed by atoms with Crippen LogP contribution in [0.1, 0.15) is 26.7 Å². The summed E-state index contributed by atoms with van der Waals surface area (Å²) in [5.41, 5.74) is 1.24. The van der Waals surface area contributed by atoms with E-state index in [1.54, 1.807) is 0 Å². The van der Waals surface area contributed by atoms with Gasteiger partial charge < -0.3 is 0 Å². The monoisotopic (exact) mass is 123 g/mol. The van der Waals surface area contributed by atoms with Gasteiger partial charge in [0.2, 0.25) is 0 Å². The van der Waals surface area contributed by atoms with E-state index >= 15 is 0 Å². The number of nitrogens with zero attached hydrogens (tertiary/aromatic N) is 1. The van der Waals surface area contributed by atoms with E-state index in [2.05, 4.69) is 24.9 Å². The van der Waals surface area contributed by atoms with E-state index in [9.17, 15) is 0 Å². The Morgan fingerprint density at radius 1 is 1.78 bits per heavy atom. The number of hydrogen-bond donors (Lipinski definition) is 0. The van der Waals surface area contributed by atoms with Crippen molar-refractivity contribution in [3.05, 3.63) is 11.8 Å². The zero-order valence-corrected chi connectivity index (χ0v) is 6.09. The number of aliphatic imine (C=N–C) groups is 1. The normalized spacial score (nSPS) is 26.0. The van der Waals surface area contributed by atoms with Crippen molar-refractivity contribution < 1.29 is 0 Å². The van der Waals surface area contributed by atoms with Gasteiger partial charge in [-0.05, 0) is 18.8 Å². The van der Waals surface area contributed by atoms with E-state index in [0.29, 0.717) is 5.92 Å². The molecule has 1 rings (SSSR count). The second kappa shape index (κ2) is 2.81. The average Bonchev–Trinajstić information content (AvgIpc) is 1.88. The summed E-state index contributed by atoms with van der Waals surface area (Å²) >= 11 is 0. The zero-order valence-electron chi connectivity index (χ0n) is 6.09. The lowest BCUT2D eigenvalue weighted by atomic mass is 10.0. The molecule has 1 atom stereocenters. The molecule has 9 heavy (non-hydrogen) atoms. The lowest BCUT2D eigenvalue weighted by Crippen LogP contribution is -1.97. The molecule has 0 aromatic heterocycles. The molecule has 1 nitrogen and oxygen atoms in total. The molecular formula is C8H13N. The Balaban J connectivity index is 2.59. The van der Waals surface area contributed by atoms with Gasteiger partial charge in [0.25, 0.3) is 0 Å². The van der Waals surface area contributed by atoms with Crippen LogP contribution in [0.2, 0.25) is 0 Å². The largest absolute Gasteiger partial charge is 0.266 e. The Labute approximate surface area is 56.5 Å². The number of hydrogen-bond acceptors (Lipinski definition) is 1. The second-order valence-corrected chi connectivity index (χ2v) is 2.54. The molecule has 0 N–H and O–H groups in total. The van der Waals surface area contributed by atoms with Gasteiger partial charge in [0.1, 0.15) is 0 Å². The highest BCUT2D eigenvalue weighted by Gasteiger charge is 2.01. The summed E-state index contributed by atoms with van der Waals surface area (Å²) in [6, 6.07) is 0. The molecule has 50 valence electrons. The lowest BCUT2D eigenvalue weighted by Gasteiger charge is -2.08. The quantitative estimate of drug-likeness (QED) is 0.507. The van der Waals surface area contributed by atoms with Crippen LogP contribution in [-0.2, 0) is 0 Å². The minimum atomic E-state index is 0.706. The van der Waals surface area contributed by atoms with Crippen LogP contribution in [0.4, 0.5) is 0 Å². The van der Waals surface area contributed by atoms with Crippen molar-refractivity contribution in [1.29, 1.82) is 0 Å². The Morgan fingerprint density at radius 2 is 2.56 bits per heavy atom. The van der Waals surface area contributed by atoms with Crippen LogP contribution in [0.25, 0.3) is 0 Å². The van der Waals surface area contributed by atoms with E-state index in [1.165, 1.54) is 5.70 Å². The average molecular weight is 123 g/mol. The van der Waals surface area contributed by atoms with Crippen LogP contribution < -0.4 is 0 Å². The summed E-state index contributed by atoms with van der Waals surface area (Å²) in [5.74, 6) is 0.706. The van der Waals surface area contributed by atoms with Crippen molar-refractivity contribution in [1.82, 2.24) is 0 Å². The fourth-order valence-corrected chi connectivity index (χ4v) is 0.985.